The predicted octanol–water partition coefficient (Wildman–Crippen LogP) is 1.65. The highest BCUT2D eigenvalue weighted by atomic mass is 16.8. The summed E-state index contributed by atoms with van der Waals surface area (Å²) in [5.41, 5.74) is 12.7. The molecule has 0 aromatic heterocycles. The molecule has 2 aliphatic heterocycles. The van der Waals surface area contributed by atoms with Gasteiger partial charge in [0.25, 0.3) is 0 Å². The Labute approximate surface area is 99.6 Å². The van der Waals surface area contributed by atoms with Crippen molar-refractivity contribution in [2.45, 2.75) is 6.54 Å². The number of nitrogens with two attached hydrogens (primary N) is 1. The van der Waals surface area contributed by atoms with Gasteiger partial charge in [0.15, 0.2) is 0 Å². The summed E-state index contributed by atoms with van der Waals surface area (Å²) in [5, 5.41) is 1.68. The number of benzene rings is 1. The van der Waals surface area contributed by atoms with E-state index in [0.717, 1.165) is 16.8 Å². The molecule has 0 atom stereocenters. The molecule has 4 nitrogen and oxygen atoms in total. The molecule has 0 aliphatic carbocycles. The van der Waals surface area contributed by atoms with Crippen LogP contribution < -0.4 is 11.2 Å². The number of hydrogen-bond acceptors (Lipinski definition) is 4. The average Bonchev–Trinajstić information content (AvgIpc) is 2.86. The van der Waals surface area contributed by atoms with E-state index in [4.69, 9.17) is 10.7 Å². The Morgan fingerprint density at radius 3 is 2.82 bits per heavy atom. The monoisotopic (exact) mass is 227 g/mol. The normalized spacial score (nSPS) is 17.4. The number of nitrogens with one attached hydrogen (secondary N) is 1. The minimum atomic E-state index is 0.575. The van der Waals surface area contributed by atoms with Crippen molar-refractivity contribution in [1.82, 2.24) is 10.5 Å². The molecule has 0 spiro atoms. The van der Waals surface area contributed by atoms with Crippen molar-refractivity contribution >= 4 is 5.57 Å². The summed E-state index contributed by atoms with van der Waals surface area (Å²) in [6.07, 6.45) is 7.79. The van der Waals surface area contributed by atoms with Gasteiger partial charge in [0.1, 0.15) is 0 Å². The molecule has 3 N–H and O–H groups in total. The summed E-state index contributed by atoms with van der Waals surface area (Å²) in [5.74, 6) is 0. The minimum absolute atomic E-state index is 0.575. The number of allylic oxidation sites excluding steroid dienone is 3. The zero-order valence-electron chi connectivity index (χ0n) is 9.26. The highest BCUT2D eigenvalue weighted by Gasteiger charge is 2.16. The van der Waals surface area contributed by atoms with E-state index in [1.165, 1.54) is 5.56 Å². The van der Waals surface area contributed by atoms with Crippen LogP contribution >= 0.6 is 0 Å². The van der Waals surface area contributed by atoms with Gasteiger partial charge in [0, 0.05) is 12.7 Å². The Bertz CT molecular complexity index is 514. The van der Waals surface area contributed by atoms with E-state index in [2.05, 4.69) is 23.7 Å². The third-order valence-electron chi connectivity index (χ3n) is 2.83. The molecule has 4 heteroatoms. The fourth-order valence-electron chi connectivity index (χ4n) is 1.85. The molecule has 0 amide bonds. The summed E-state index contributed by atoms with van der Waals surface area (Å²) in [6.45, 7) is 0.575. The number of fused-ring (bicyclic) bond motifs is 1. The summed E-state index contributed by atoms with van der Waals surface area (Å²) in [4.78, 5) is 5.12. The maximum absolute atomic E-state index is 5.58. The molecule has 2 aliphatic rings. The van der Waals surface area contributed by atoms with Crippen molar-refractivity contribution in [3.63, 3.8) is 0 Å². The minimum Gasteiger partial charge on any atom is -0.326 e. The quantitative estimate of drug-likeness (QED) is 0.806. The van der Waals surface area contributed by atoms with Gasteiger partial charge in [-0.25, -0.2) is 10.5 Å². The second-order valence-corrected chi connectivity index (χ2v) is 3.92. The third-order valence-corrected chi connectivity index (χ3v) is 2.83. The standard InChI is InChI=1S/C13H13N3O/c14-8-10-1-3-11(4-2-10)12-5-6-16-13(7-12)9-15-17-16/h1-7,9,15H,8,14H2. The van der Waals surface area contributed by atoms with Crippen LogP contribution in [0.4, 0.5) is 0 Å². The van der Waals surface area contributed by atoms with Gasteiger partial charge in [-0.05, 0) is 28.9 Å². The topological polar surface area (TPSA) is 50.5 Å². The van der Waals surface area contributed by atoms with Crippen LogP contribution in [0.5, 0.6) is 0 Å². The lowest BCUT2D eigenvalue weighted by atomic mass is 10.0. The Kier molecular flexibility index (Phi) is 2.44. The zero-order chi connectivity index (χ0) is 11.7. The molecule has 0 unspecified atom stereocenters. The van der Waals surface area contributed by atoms with Gasteiger partial charge < -0.3 is 5.73 Å². The van der Waals surface area contributed by atoms with Crippen LogP contribution in [0, 0.1) is 0 Å². The molecule has 86 valence electrons. The molecule has 2 heterocycles. The molecule has 0 fully saturated rings. The summed E-state index contributed by atoms with van der Waals surface area (Å²) >= 11 is 0. The number of hydroxylamine groups is 3. The predicted molar refractivity (Wildman–Crippen MR) is 65.6 cm³/mol. The van der Waals surface area contributed by atoms with Crippen LogP contribution in [-0.2, 0) is 11.5 Å². The van der Waals surface area contributed by atoms with Crippen LogP contribution in [0.1, 0.15) is 11.1 Å². The van der Waals surface area contributed by atoms with Crippen LogP contribution in [0.25, 0.3) is 5.57 Å². The Morgan fingerprint density at radius 2 is 2.06 bits per heavy atom. The fraction of sp³-hybridized carbons (Fsp3) is 0.0769. The van der Waals surface area contributed by atoms with E-state index < -0.39 is 0 Å². The van der Waals surface area contributed by atoms with Gasteiger partial charge in [-0.2, -0.15) is 4.94 Å². The van der Waals surface area contributed by atoms with Crippen LogP contribution in [0.2, 0.25) is 0 Å². The van der Waals surface area contributed by atoms with Crippen molar-refractivity contribution in [2.24, 2.45) is 5.73 Å². The molecule has 1 aromatic rings. The van der Waals surface area contributed by atoms with Crippen molar-refractivity contribution in [2.75, 3.05) is 0 Å². The molecular weight excluding hydrogens is 214 g/mol. The SMILES string of the molecule is NCc1ccc(C2=CC3=CNON3C=C2)cc1. The van der Waals surface area contributed by atoms with E-state index in [0.29, 0.717) is 6.54 Å². The number of rotatable bonds is 2. The highest BCUT2D eigenvalue weighted by Crippen LogP contribution is 2.26. The van der Waals surface area contributed by atoms with Crippen molar-refractivity contribution in [1.29, 1.82) is 0 Å². The summed E-state index contributed by atoms with van der Waals surface area (Å²) in [7, 11) is 0. The van der Waals surface area contributed by atoms with E-state index in [-0.39, 0.29) is 0 Å². The average molecular weight is 227 g/mol. The third kappa shape index (κ3) is 1.84. The smallest absolute Gasteiger partial charge is 0.0900 e. The van der Waals surface area contributed by atoms with Gasteiger partial charge in [-0.15, -0.1) is 0 Å². The second kappa shape index (κ2) is 4.08. The van der Waals surface area contributed by atoms with E-state index in [1.54, 1.807) is 5.06 Å². The first-order chi connectivity index (χ1) is 8.36. The largest absolute Gasteiger partial charge is 0.326 e. The maximum Gasteiger partial charge on any atom is 0.0900 e. The molecule has 0 bridgehead atoms. The molecule has 1 aromatic carbocycles. The first-order valence-corrected chi connectivity index (χ1v) is 5.48. The number of hydrogen-bond donors (Lipinski definition) is 2. The van der Waals surface area contributed by atoms with E-state index in [9.17, 15) is 0 Å². The van der Waals surface area contributed by atoms with Gasteiger partial charge in [0.05, 0.1) is 11.9 Å². The lowest BCUT2D eigenvalue weighted by Gasteiger charge is -2.17. The Morgan fingerprint density at radius 1 is 1.24 bits per heavy atom. The molecule has 0 radical (unpaired) electrons. The first-order valence-electron chi connectivity index (χ1n) is 5.48. The fourth-order valence-corrected chi connectivity index (χ4v) is 1.85. The van der Waals surface area contributed by atoms with Gasteiger partial charge in [0.2, 0.25) is 0 Å². The molecular formula is C13H13N3O. The van der Waals surface area contributed by atoms with Crippen molar-refractivity contribution < 1.29 is 4.94 Å². The van der Waals surface area contributed by atoms with Crippen molar-refractivity contribution in [3.05, 3.63) is 65.6 Å². The Hall–Kier alpha value is -2.04. The molecule has 0 saturated heterocycles. The zero-order valence-corrected chi connectivity index (χ0v) is 9.26. The van der Waals surface area contributed by atoms with Crippen LogP contribution in [0.3, 0.4) is 0 Å². The van der Waals surface area contributed by atoms with E-state index >= 15 is 0 Å². The molecule has 17 heavy (non-hydrogen) atoms. The van der Waals surface area contributed by atoms with Gasteiger partial charge in [-0.3, -0.25) is 0 Å². The summed E-state index contributed by atoms with van der Waals surface area (Å²) in [6, 6.07) is 8.26. The highest BCUT2D eigenvalue weighted by molar-refractivity contribution is 5.77. The van der Waals surface area contributed by atoms with E-state index in [1.807, 2.05) is 30.6 Å². The van der Waals surface area contributed by atoms with Gasteiger partial charge in [-0.1, -0.05) is 24.3 Å². The lowest BCUT2D eigenvalue weighted by Crippen LogP contribution is -2.15. The lowest BCUT2D eigenvalue weighted by molar-refractivity contribution is -0.112. The molecule has 3 rings (SSSR count). The Balaban J connectivity index is 1.91. The van der Waals surface area contributed by atoms with Crippen LogP contribution in [0.15, 0.2) is 54.5 Å². The second-order valence-electron chi connectivity index (χ2n) is 3.92. The number of nitrogens with zero attached hydrogens (tertiary/aromatic N) is 1. The van der Waals surface area contributed by atoms with Crippen molar-refractivity contribution in [3.8, 4) is 0 Å². The summed E-state index contributed by atoms with van der Waals surface area (Å²) < 4.78 is 0. The van der Waals surface area contributed by atoms with Gasteiger partial charge >= 0.3 is 0 Å². The van der Waals surface area contributed by atoms with Crippen LogP contribution in [-0.4, -0.2) is 5.06 Å². The first kappa shape index (κ1) is 10.1. The molecule has 0 saturated carbocycles. The maximum atomic E-state index is 5.58.